The summed E-state index contributed by atoms with van der Waals surface area (Å²) in [5, 5.41) is 17.6. The first-order valence-electron chi connectivity index (χ1n) is 7.77. The van der Waals surface area contributed by atoms with Gasteiger partial charge in [-0.1, -0.05) is 0 Å². The SMILES string of the molecule is CCOCC(COCC)(COCCCO)COCCCO. The van der Waals surface area contributed by atoms with Crippen molar-refractivity contribution in [3.63, 3.8) is 0 Å². The summed E-state index contributed by atoms with van der Waals surface area (Å²) >= 11 is 0. The molecule has 21 heavy (non-hydrogen) atoms. The smallest absolute Gasteiger partial charge is 0.0637 e. The zero-order chi connectivity index (χ0) is 15.8. The molecule has 0 spiro atoms. The van der Waals surface area contributed by atoms with Crippen molar-refractivity contribution in [3.05, 3.63) is 0 Å². The lowest BCUT2D eigenvalue weighted by atomic mass is 9.92. The second-order valence-corrected chi connectivity index (χ2v) is 5.03. The quantitative estimate of drug-likeness (QED) is 0.412. The summed E-state index contributed by atoms with van der Waals surface area (Å²) in [5.74, 6) is 0. The van der Waals surface area contributed by atoms with Gasteiger partial charge in [-0.15, -0.1) is 0 Å². The molecule has 0 heterocycles. The molecule has 6 nitrogen and oxygen atoms in total. The topological polar surface area (TPSA) is 77.4 Å². The molecule has 0 rings (SSSR count). The van der Waals surface area contributed by atoms with Gasteiger partial charge in [0.2, 0.25) is 0 Å². The van der Waals surface area contributed by atoms with E-state index in [2.05, 4.69) is 0 Å². The van der Waals surface area contributed by atoms with Crippen LogP contribution in [-0.2, 0) is 18.9 Å². The van der Waals surface area contributed by atoms with E-state index in [0.29, 0.717) is 65.7 Å². The molecule has 0 aromatic heterocycles. The second kappa shape index (κ2) is 14.7. The van der Waals surface area contributed by atoms with Gasteiger partial charge < -0.3 is 29.2 Å². The fourth-order valence-corrected chi connectivity index (χ4v) is 1.80. The maximum absolute atomic E-state index is 8.80. The number of aliphatic hydroxyl groups excluding tert-OH is 2. The zero-order valence-corrected chi connectivity index (χ0v) is 13.5. The molecule has 0 aliphatic carbocycles. The number of aliphatic hydroxyl groups is 2. The Morgan fingerprint density at radius 2 is 1.05 bits per heavy atom. The van der Waals surface area contributed by atoms with E-state index in [-0.39, 0.29) is 18.6 Å². The minimum absolute atomic E-state index is 0.122. The van der Waals surface area contributed by atoms with Gasteiger partial charge in [-0.05, 0) is 26.7 Å². The van der Waals surface area contributed by atoms with Crippen LogP contribution < -0.4 is 0 Å². The van der Waals surface area contributed by atoms with Gasteiger partial charge in [-0.2, -0.15) is 0 Å². The van der Waals surface area contributed by atoms with Crippen LogP contribution in [0.1, 0.15) is 26.7 Å². The summed E-state index contributed by atoms with van der Waals surface area (Å²) in [5.41, 5.74) is -0.350. The summed E-state index contributed by atoms with van der Waals surface area (Å²) in [7, 11) is 0. The standard InChI is InChI=1S/C15H32O6/c1-3-18-11-15(12-19-4-2,13-20-9-5-7-16)14-21-10-6-8-17/h16-17H,3-14H2,1-2H3. The van der Waals surface area contributed by atoms with Crippen molar-refractivity contribution in [2.75, 3.05) is 66.1 Å². The van der Waals surface area contributed by atoms with Crippen LogP contribution >= 0.6 is 0 Å². The monoisotopic (exact) mass is 308 g/mol. The lowest BCUT2D eigenvalue weighted by Crippen LogP contribution is -2.42. The Morgan fingerprint density at radius 1 is 0.667 bits per heavy atom. The number of hydrogen-bond acceptors (Lipinski definition) is 6. The van der Waals surface area contributed by atoms with Crippen LogP contribution in [0.4, 0.5) is 0 Å². The average molecular weight is 308 g/mol. The highest BCUT2D eigenvalue weighted by molar-refractivity contribution is 4.79. The molecular weight excluding hydrogens is 276 g/mol. The van der Waals surface area contributed by atoms with Gasteiger partial charge in [-0.3, -0.25) is 0 Å². The molecule has 0 aliphatic heterocycles. The number of hydrogen-bond donors (Lipinski definition) is 2. The molecule has 6 heteroatoms. The van der Waals surface area contributed by atoms with Crippen LogP contribution in [0.25, 0.3) is 0 Å². The summed E-state index contributed by atoms with van der Waals surface area (Å²) in [4.78, 5) is 0. The Labute approximate surface area is 128 Å². The molecule has 0 bridgehead atoms. The third kappa shape index (κ3) is 11.0. The Kier molecular flexibility index (Phi) is 14.5. The minimum Gasteiger partial charge on any atom is -0.396 e. The highest BCUT2D eigenvalue weighted by atomic mass is 16.5. The Balaban J connectivity index is 4.43. The molecule has 0 saturated carbocycles. The number of rotatable bonds is 16. The second-order valence-electron chi connectivity index (χ2n) is 5.03. The van der Waals surface area contributed by atoms with Gasteiger partial charge in [0.25, 0.3) is 0 Å². The molecule has 0 aromatic carbocycles. The van der Waals surface area contributed by atoms with Crippen molar-refractivity contribution in [1.82, 2.24) is 0 Å². The van der Waals surface area contributed by atoms with Crippen LogP contribution in [0.5, 0.6) is 0 Å². The van der Waals surface area contributed by atoms with Crippen LogP contribution in [0.3, 0.4) is 0 Å². The molecule has 0 aliphatic rings. The van der Waals surface area contributed by atoms with Crippen molar-refractivity contribution in [2.45, 2.75) is 26.7 Å². The van der Waals surface area contributed by atoms with Gasteiger partial charge in [0, 0.05) is 39.6 Å². The highest BCUT2D eigenvalue weighted by Crippen LogP contribution is 2.21. The maximum atomic E-state index is 8.80. The van der Waals surface area contributed by atoms with E-state index in [1.807, 2.05) is 13.8 Å². The van der Waals surface area contributed by atoms with E-state index in [1.165, 1.54) is 0 Å². The summed E-state index contributed by atoms with van der Waals surface area (Å²) in [6.45, 7) is 8.34. The molecule has 0 saturated heterocycles. The molecule has 0 aromatic rings. The minimum atomic E-state index is -0.350. The van der Waals surface area contributed by atoms with E-state index >= 15 is 0 Å². The Morgan fingerprint density at radius 3 is 1.38 bits per heavy atom. The van der Waals surface area contributed by atoms with Crippen molar-refractivity contribution < 1.29 is 29.2 Å². The molecular formula is C15H32O6. The van der Waals surface area contributed by atoms with Gasteiger partial charge in [0.05, 0.1) is 31.8 Å². The van der Waals surface area contributed by atoms with Crippen molar-refractivity contribution >= 4 is 0 Å². The molecule has 0 amide bonds. The third-order valence-electron chi connectivity index (χ3n) is 2.93. The molecule has 128 valence electrons. The predicted octanol–water partition coefficient (Wildman–Crippen LogP) is 0.844. The molecule has 2 N–H and O–H groups in total. The van der Waals surface area contributed by atoms with Crippen LogP contribution in [0.15, 0.2) is 0 Å². The molecule has 0 unspecified atom stereocenters. The average Bonchev–Trinajstić information content (AvgIpc) is 2.51. The van der Waals surface area contributed by atoms with Crippen LogP contribution in [0, 0.1) is 5.41 Å². The van der Waals surface area contributed by atoms with E-state index in [4.69, 9.17) is 29.2 Å². The normalized spacial score (nSPS) is 12.0. The first-order valence-corrected chi connectivity index (χ1v) is 7.77. The number of ether oxygens (including phenoxy) is 4. The first-order chi connectivity index (χ1) is 10.2. The van der Waals surface area contributed by atoms with Gasteiger partial charge >= 0.3 is 0 Å². The van der Waals surface area contributed by atoms with Crippen molar-refractivity contribution in [3.8, 4) is 0 Å². The lowest BCUT2D eigenvalue weighted by molar-refractivity contribution is -0.105. The predicted molar refractivity (Wildman–Crippen MR) is 80.5 cm³/mol. The third-order valence-corrected chi connectivity index (χ3v) is 2.93. The molecule has 0 fully saturated rings. The van der Waals surface area contributed by atoms with E-state index in [9.17, 15) is 0 Å². The van der Waals surface area contributed by atoms with E-state index in [0.717, 1.165) is 0 Å². The van der Waals surface area contributed by atoms with Crippen molar-refractivity contribution in [1.29, 1.82) is 0 Å². The zero-order valence-electron chi connectivity index (χ0n) is 13.5. The summed E-state index contributed by atoms with van der Waals surface area (Å²) < 4.78 is 22.4. The summed E-state index contributed by atoms with van der Waals surface area (Å²) in [6.07, 6.45) is 1.23. The maximum Gasteiger partial charge on any atom is 0.0637 e. The van der Waals surface area contributed by atoms with Gasteiger partial charge in [-0.25, -0.2) is 0 Å². The first kappa shape index (κ1) is 20.8. The van der Waals surface area contributed by atoms with Gasteiger partial charge in [0.15, 0.2) is 0 Å². The molecule has 0 atom stereocenters. The fraction of sp³-hybridized carbons (Fsp3) is 1.00. The molecule has 0 radical (unpaired) electrons. The summed E-state index contributed by atoms with van der Waals surface area (Å²) in [6, 6.07) is 0. The van der Waals surface area contributed by atoms with E-state index in [1.54, 1.807) is 0 Å². The lowest BCUT2D eigenvalue weighted by Gasteiger charge is -2.32. The fourth-order valence-electron chi connectivity index (χ4n) is 1.80. The Hall–Kier alpha value is -0.240. The van der Waals surface area contributed by atoms with Crippen molar-refractivity contribution in [2.24, 2.45) is 5.41 Å². The van der Waals surface area contributed by atoms with Gasteiger partial charge in [0.1, 0.15) is 0 Å². The van der Waals surface area contributed by atoms with E-state index < -0.39 is 0 Å². The Bertz CT molecular complexity index is 190. The highest BCUT2D eigenvalue weighted by Gasteiger charge is 2.32. The van der Waals surface area contributed by atoms with Crippen LogP contribution in [0.2, 0.25) is 0 Å². The largest absolute Gasteiger partial charge is 0.396 e. The van der Waals surface area contributed by atoms with Crippen LogP contribution in [-0.4, -0.2) is 76.3 Å².